The molecule has 7 nitrogen and oxygen atoms in total. The molecule has 0 aliphatic heterocycles. The fourth-order valence-corrected chi connectivity index (χ4v) is 1.91. The maximum Gasteiger partial charge on any atom is 0.246 e. The third-order valence-electron chi connectivity index (χ3n) is 2.92. The van der Waals surface area contributed by atoms with Crippen LogP contribution < -0.4 is 15.4 Å². The van der Waals surface area contributed by atoms with E-state index >= 15 is 0 Å². The van der Waals surface area contributed by atoms with Crippen LogP contribution in [-0.2, 0) is 13.1 Å². The van der Waals surface area contributed by atoms with Crippen molar-refractivity contribution in [3.05, 3.63) is 41.5 Å². The standard InChI is InChI=1S/C15H21N5O2/c1-4-16-15(18-10-14-19-11(2)20-22-14)17-9-12-7-5-6-8-13(12)21-3/h5-8H,4,9-10H2,1-3H3,(H2,16,17,18). The van der Waals surface area contributed by atoms with Crippen molar-refractivity contribution in [2.45, 2.75) is 26.9 Å². The lowest BCUT2D eigenvalue weighted by atomic mass is 10.2. The summed E-state index contributed by atoms with van der Waals surface area (Å²) in [5.41, 5.74) is 1.02. The molecule has 0 radical (unpaired) electrons. The number of hydrogen-bond acceptors (Lipinski definition) is 5. The predicted molar refractivity (Wildman–Crippen MR) is 83.7 cm³/mol. The summed E-state index contributed by atoms with van der Waals surface area (Å²) in [6.07, 6.45) is 0. The Morgan fingerprint density at radius 3 is 2.82 bits per heavy atom. The van der Waals surface area contributed by atoms with Crippen LogP contribution in [0.4, 0.5) is 0 Å². The van der Waals surface area contributed by atoms with E-state index in [1.807, 2.05) is 31.2 Å². The second-order valence-corrected chi connectivity index (χ2v) is 4.60. The van der Waals surface area contributed by atoms with Crippen molar-refractivity contribution >= 4 is 5.96 Å². The number of aliphatic imine (C=N–C) groups is 1. The van der Waals surface area contributed by atoms with Crippen LogP contribution in [0.25, 0.3) is 0 Å². The lowest BCUT2D eigenvalue weighted by Gasteiger charge is -2.10. The van der Waals surface area contributed by atoms with Crippen LogP contribution in [0.2, 0.25) is 0 Å². The van der Waals surface area contributed by atoms with Crippen molar-refractivity contribution in [1.29, 1.82) is 0 Å². The Balaban J connectivity index is 2.00. The lowest BCUT2D eigenvalue weighted by Crippen LogP contribution is -2.36. The molecule has 118 valence electrons. The third-order valence-corrected chi connectivity index (χ3v) is 2.92. The Morgan fingerprint density at radius 2 is 2.14 bits per heavy atom. The highest BCUT2D eigenvalue weighted by Gasteiger charge is 2.05. The van der Waals surface area contributed by atoms with E-state index < -0.39 is 0 Å². The number of ether oxygens (including phenoxy) is 1. The van der Waals surface area contributed by atoms with Crippen LogP contribution in [-0.4, -0.2) is 29.8 Å². The number of guanidine groups is 1. The fourth-order valence-electron chi connectivity index (χ4n) is 1.91. The van der Waals surface area contributed by atoms with Crippen molar-refractivity contribution in [2.24, 2.45) is 4.99 Å². The maximum absolute atomic E-state index is 5.33. The number of aryl methyl sites for hydroxylation is 1. The number of nitrogens with one attached hydrogen (secondary N) is 2. The van der Waals surface area contributed by atoms with E-state index in [2.05, 4.69) is 25.8 Å². The van der Waals surface area contributed by atoms with Crippen molar-refractivity contribution in [2.75, 3.05) is 13.7 Å². The van der Waals surface area contributed by atoms with E-state index in [-0.39, 0.29) is 0 Å². The van der Waals surface area contributed by atoms with Crippen molar-refractivity contribution < 1.29 is 9.26 Å². The second-order valence-electron chi connectivity index (χ2n) is 4.60. The molecule has 0 fully saturated rings. The molecule has 1 heterocycles. The van der Waals surface area contributed by atoms with Gasteiger partial charge in [0.15, 0.2) is 11.8 Å². The number of hydrogen-bond donors (Lipinski definition) is 2. The van der Waals surface area contributed by atoms with Crippen LogP contribution in [0.15, 0.2) is 33.8 Å². The van der Waals surface area contributed by atoms with Gasteiger partial charge in [0.25, 0.3) is 0 Å². The lowest BCUT2D eigenvalue weighted by molar-refractivity contribution is 0.371. The Hall–Kier alpha value is -2.57. The van der Waals surface area contributed by atoms with Gasteiger partial charge in [0.2, 0.25) is 5.89 Å². The van der Waals surface area contributed by atoms with Gasteiger partial charge in [-0.2, -0.15) is 4.98 Å². The molecule has 0 spiro atoms. The van der Waals surface area contributed by atoms with E-state index in [9.17, 15) is 0 Å². The molecule has 0 bridgehead atoms. The van der Waals surface area contributed by atoms with Gasteiger partial charge in [0, 0.05) is 12.1 Å². The summed E-state index contributed by atoms with van der Waals surface area (Å²) < 4.78 is 10.4. The molecule has 7 heteroatoms. The third kappa shape index (κ3) is 4.47. The van der Waals surface area contributed by atoms with Gasteiger partial charge in [0.05, 0.1) is 20.2 Å². The summed E-state index contributed by atoms with van der Waals surface area (Å²) in [6, 6.07) is 7.82. The SMILES string of the molecule is CCNC(=NCc1ccccc1OC)NCc1nc(C)no1. The zero-order valence-corrected chi connectivity index (χ0v) is 13.1. The molecule has 2 rings (SSSR count). The van der Waals surface area contributed by atoms with E-state index in [0.29, 0.717) is 30.8 Å². The molecule has 0 aliphatic carbocycles. The molecule has 0 saturated carbocycles. The number of aromatic nitrogens is 2. The molecule has 2 N–H and O–H groups in total. The minimum Gasteiger partial charge on any atom is -0.496 e. The molecule has 0 atom stereocenters. The quantitative estimate of drug-likeness (QED) is 0.623. The number of para-hydroxylation sites is 1. The average molecular weight is 303 g/mol. The summed E-state index contributed by atoms with van der Waals surface area (Å²) in [5, 5.41) is 10.1. The minimum absolute atomic E-state index is 0.429. The molecule has 0 amide bonds. The second kappa shape index (κ2) is 8.02. The molecule has 1 aromatic carbocycles. The summed E-state index contributed by atoms with van der Waals surface area (Å²) in [5.74, 6) is 2.66. The first-order valence-corrected chi connectivity index (χ1v) is 7.16. The van der Waals surface area contributed by atoms with Gasteiger partial charge in [-0.1, -0.05) is 23.4 Å². The van der Waals surface area contributed by atoms with Gasteiger partial charge in [-0.05, 0) is 19.9 Å². The Morgan fingerprint density at radius 1 is 1.32 bits per heavy atom. The first-order valence-electron chi connectivity index (χ1n) is 7.16. The van der Waals surface area contributed by atoms with E-state index in [1.165, 1.54) is 0 Å². The van der Waals surface area contributed by atoms with Gasteiger partial charge < -0.3 is 19.9 Å². The van der Waals surface area contributed by atoms with Crippen molar-refractivity contribution in [3.63, 3.8) is 0 Å². The molecule has 0 unspecified atom stereocenters. The number of rotatable bonds is 6. The molecule has 0 aliphatic rings. The smallest absolute Gasteiger partial charge is 0.246 e. The summed E-state index contributed by atoms with van der Waals surface area (Å²) in [7, 11) is 1.66. The topological polar surface area (TPSA) is 84.6 Å². The van der Waals surface area contributed by atoms with Crippen LogP contribution in [0.5, 0.6) is 5.75 Å². The largest absolute Gasteiger partial charge is 0.496 e. The minimum atomic E-state index is 0.429. The van der Waals surface area contributed by atoms with Crippen LogP contribution in [0.3, 0.4) is 0 Å². The maximum atomic E-state index is 5.33. The van der Waals surface area contributed by atoms with Gasteiger partial charge >= 0.3 is 0 Å². The Bertz CT molecular complexity index is 624. The summed E-state index contributed by atoms with van der Waals surface area (Å²) >= 11 is 0. The molecule has 1 aromatic heterocycles. The first-order chi connectivity index (χ1) is 10.7. The van der Waals surface area contributed by atoms with Crippen LogP contribution in [0.1, 0.15) is 24.2 Å². The highest BCUT2D eigenvalue weighted by Crippen LogP contribution is 2.17. The number of nitrogens with zero attached hydrogens (tertiary/aromatic N) is 3. The zero-order valence-electron chi connectivity index (χ0n) is 13.1. The van der Waals surface area contributed by atoms with E-state index in [0.717, 1.165) is 17.9 Å². The Labute approximate surface area is 129 Å². The normalized spacial score (nSPS) is 11.3. The van der Waals surface area contributed by atoms with Crippen molar-refractivity contribution in [1.82, 2.24) is 20.8 Å². The van der Waals surface area contributed by atoms with Gasteiger partial charge in [0.1, 0.15) is 5.75 Å². The molecular weight excluding hydrogens is 282 g/mol. The van der Waals surface area contributed by atoms with Crippen molar-refractivity contribution in [3.8, 4) is 5.75 Å². The van der Waals surface area contributed by atoms with E-state index in [1.54, 1.807) is 14.0 Å². The predicted octanol–water partition coefficient (Wildman–Crippen LogP) is 1.64. The summed E-state index contributed by atoms with van der Waals surface area (Å²) in [4.78, 5) is 8.68. The zero-order chi connectivity index (χ0) is 15.8. The monoisotopic (exact) mass is 303 g/mol. The Kier molecular flexibility index (Phi) is 5.76. The highest BCUT2D eigenvalue weighted by atomic mass is 16.5. The first kappa shape index (κ1) is 15.8. The average Bonchev–Trinajstić information content (AvgIpc) is 2.96. The van der Waals surface area contributed by atoms with Gasteiger partial charge in [-0.25, -0.2) is 4.99 Å². The number of methoxy groups -OCH3 is 1. The molecular formula is C15H21N5O2. The molecule has 0 saturated heterocycles. The molecule has 2 aromatic rings. The fraction of sp³-hybridized carbons (Fsp3) is 0.400. The summed E-state index contributed by atoms with van der Waals surface area (Å²) in [6.45, 7) is 5.51. The number of benzene rings is 1. The highest BCUT2D eigenvalue weighted by molar-refractivity contribution is 5.79. The van der Waals surface area contributed by atoms with Crippen LogP contribution in [0, 0.1) is 6.92 Å². The van der Waals surface area contributed by atoms with E-state index in [4.69, 9.17) is 9.26 Å². The van der Waals surface area contributed by atoms with Gasteiger partial charge in [-0.15, -0.1) is 0 Å². The van der Waals surface area contributed by atoms with Gasteiger partial charge in [-0.3, -0.25) is 0 Å². The van der Waals surface area contributed by atoms with Crippen LogP contribution >= 0.6 is 0 Å². The molecule has 22 heavy (non-hydrogen) atoms.